The normalized spacial score (nSPS) is 43.9. The first kappa shape index (κ1) is 7.63. The van der Waals surface area contributed by atoms with E-state index >= 15 is 0 Å². The fourth-order valence-corrected chi connectivity index (χ4v) is 2.73. The molecule has 0 bridgehead atoms. The number of hydrogen-bond acceptors (Lipinski definition) is 2. The molecule has 0 spiro atoms. The second kappa shape index (κ2) is 6.22. The third kappa shape index (κ3) is 3.13. The topological polar surface area (TPSA) is 29.5 Å². The van der Waals surface area contributed by atoms with Crippen LogP contribution in [0.3, 0.4) is 0 Å². The molecule has 2 heteroatoms. The van der Waals surface area contributed by atoms with Crippen LogP contribution in [0.25, 0.3) is 0 Å². The fraction of sp³-hybridized carbons (Fsp3) is 0.619. The van der Waals surface area contributed by atoms with E-state index in [9.17, 15) is 7.85 Å². The molecule has 0 saturated heterocycles. The Labute approximate surface area is 156 Å². The van der Waals surface area contributed by atoms with Crippen LogP contribution in [0.4, 0.5) is 0 Å². The van der Waals surface area contributed by atoms with E-state index in [1.54, 1.807) is 0 Å². The second-order valence-corrected chi connectivity index (χ2v) is 6.32. The minimum Gasteiger partial charge on any atom is -0.507 e. The Hall–Kier alpha value is -1.44. The summed E-state index contributed by atoms with van der Waals surface area (Å²) in [6.07, 6.45) is -7.05. The van der Waals surface area contributed by atoms with E-state index in [1.807, 2.05) is 6.92 Å². The van der Waals surface area contributed by atoms with Crippen molar-refractivity contribution >= 4 is 0 Å². The van der Waals surface area contributed by atoms with Crippen molar-refractivity contribution in [3.63, 3.8) is 0 Å². The average Bonchev–Trinajstić information content (AvgIpc) is 2.71. The minimum atomic E-state index is -3.09. The maximum absolute atomic E-state index is 11.1. The zero-order valence-corrected chi connectivity index (χ0v) is 14.0. The molecule has 0 fully saturated rings. The van der Waals surface area contributed by atoms with Gasteiger partial charge in [0.15, 0.2) is 0 Å². The van der Waals surface area contributed by atoms with Crippen LogP contribution in [0.2, 0.25) is 0 Å². The largest absolute Gasteiger partial charge is 0.507 e. The molecule has 126 valence electrons. The van der Waals surface area contributed by atoms with Crippen LogP contribution in [0, 0.1) is 5.89 Å². The second-order valence-electron chi connectivity index (χ2n) is 6.32. The van der Waals surface area contributed by atoms with Crippen molar-refractivity contribution in [2.24, 2.45) is 5.89 Å². The van der Waals surface area contributed by atoms with Crippen LogP contribution < -0.4 is 4.74 Å². The number of ether oxygens (including phenoxy) is 1. The van der Waals surface area contributed by atoms with Crippen molar-refractivity contribution in [1.82, 2.24) is 0 Å². The summed E-state index contributed by atoms with van der Waals surface area (Å²) in [5.41, 5.74) is -3.55. The number of benzene rings is 1. The number of allylic oxidation sites excluding steroid dienone is 2. The summed E-state index contributed by atoms with van der Waals surface area (Å²) in [5.74, 6) is -7.06. The van der Waals surface area contributed by atoms with Gasteiger partial charge in [-0.1, -0.05) is 31.4 Å². The fourth-order valence-electron chi connectivity index (χ4n) is 2.73. The molecule has 0 aromatic heterocycles. The number of unbranched alkanes of at least 4 members (excludes halogenated alkanes) is 1. The quantitative estimate of drug-likeness (QED) is 0.716. The van der Waals surface area contributed by atoms with Gasteiger partial charge in [0.25, 0.3) is 0 Å². The molecule has 2 atom stereocenters. The van der Waals surface area contributed by atoms with Gasteiger partial charge in [-0.3, -0.25) is 0 Å². The third-order valence-corrected chi connectivity index (χ3v) is 3.92. The number of fused-ring (bicyclic) bond motifs is 3. The third-order valence-electron chi connectivity index (χ3n) is 3.92. The molecule has 0 amide bonds. The van der Waals surface area contributed by atoms with Crippen molar-refractivity contribution in [3.8, 4) is 11.5 Å². The van der Waals surface area contributed by atoms with Crippen LogP contribution >= 0.6 is 0 Å². The van der Waals surface area contributed by atoms with Gasteiger partial charge in [0.05, 0.1) is 4.11 Å². The molecule has 1 heterocycles. The van der Waals surface area contributed by atoms with Gasteiger partial charge in [0, 0.05) is 28.3 Å². The van der Waals surface area contributed by atoms with Crippen LogP contribution in [-0.4, -0.2) is 10.7 Å². The van der Waals surface area contributed by atoms with E-state index in [0.717, 1.165) is 6.92 Å². The Morgan fingerprint density at radius 3 is 3.00 bits per heavy atom. The Kier molecular flexibility index (Phi) is 2.06. The highest BCUT2D eigenvalue weighted by Crippen LogP contribution is 2.53. The van der Waals surface area contributed by atoms with Crippen molar-refractivity contribution in [2.45, 2.75) is 77.6 Å². The Morgan fingerprint density at radius 1 is 1.48 bits per heavy atom. The van der Waals surface area contributed by atoms with Crippen molar-refractivity contribution < 1.29 is 24.9 Å². The first-order valence-electron chi connectivity index (χ1n) is 13.4. The van der Waals surface area contributed by atoms with Crippen LogP contribution in [0.15, 0.2) is 23.7 Å². The summed E-state index contributed by atoms with van der Waals surface area (Å²) in [6.45, 7) is 5.51. The average molecular weight is 326 g/mol. The summed E-state index contributed by atoms with van der Waals surface area (Å²) in [6, 6.07) is -2.17. The zero-order valence-electron chi connectivity index (χ0n) is 25.0. The first-order chi connectivity index (χ1) is 15.2. The molecule has 0 radical (unpaired) electrons. The van der Waals surface area contributed by atoms with E-state index in [4.69, 9.17) is 17.1 Å². The van der Waals surface area contributed by atoms with Gasteiger partial charge in [-0.15, -0.1) is 0 Å². The number of phenols is 1. The maximum Gasteiger partial charge on any atom is 0.127 e. The van der Waals surface area contributed by atoms with Gasteiger partial charge in [-0.25, -0.2) is 0 Å². The molecule has 1 aromatic rings. The molecular weight excluding hydrogens is 284 g/mol. The highest BCUT2D eigenvalue weighted by Gasteiger charge is 2.45. The summed E-state index contributed by atoms with van der Waals surface area (Å²) in [5, 5.41) is 11.1. The molecule has 2 aliphatic rings. The SMILES string of the molecule is [2H]C1=C(C)C([2H])([2H])C([2H])([2H])[C@@]2([2H])C(C)(C)Oc3c([2H])c(C([2H])([2H])CCCC)c([2H])c(O)c3[C@]12[2H]. The van der Waals surface area contributed by atoms with Crippen molar-refractivity contribution in [3.05, 3.63) is 34.8 Å². The zero-order chi connectivity index (χ0) is 26.4. The summed E-state index contributed by atoms with van der Waals surface area (Å²) in [4.78, 5) is 0. The van der Waals surface area contributed by atoms with E-state index in [0.29, 0.717) is 12.8 Å². The Balaban J connectivity index is 2.53. The molecule has 0 saturated carbocycles. The molecule has 23 heavy (non-hydrogen) atoms. The van der Waals surface area contributed by atoms with Gasteiger partial charge in [0.1, 0.15) is 17.1 Å². The number of aromatic hydroxyl groups is 1. The van der Waals surface area contributed by atoms with Crippen molar-refractivity contribution in [1.29, 1.82) is 0 Å². The standard InChI is InChI=1S/C21H30O2/c1-5-6-7-8-15-12-18(22)20-16-11-14(2)9-10-17(16)21(3,4)23-19(20)13-15/h11-13,16-17,22H,5-10H2,1-4H3/t16-,17-/m1/s1/i8D2,9D2,10D2,11D,12D,13D,16D,17D. The summed E-state index contributed by atoms with van der Waals surface area (Å²) >= 11 is 0. The van der Waals surface area contributed by atoms with Gasteiger partial charge in [-0.2, -0.15) is 0 Å². The predicted molar refractivity (Wildman–Crippen MR) is 95.3 cm³/mol. The van der Waals surface area contributed by atoms with Gasteiger partial charge in [-0.05, 0) is 64.0 Å². The molecule has 1 aliphatic heterocycles. The maximum atomic E-state index is 11.1. The van der Waals surface area contributed by atoms with Gasteiger partial charge in [0.2, 0.25) is 0 Å². The predicted octanol–water partition coefficient (Wildman–Crippen LogP) is 5.74. The molecule has 3 rings (SSSR count). The van der Waals surface area contributed by atoms with Crippen molar-refractivity contribution in [2.75, 3.05) is 0 Å². The first-order valence-corrected chi connectivity index (χ1v) is 7.94. The number of rotatable bonds is 4. The monoisotopic (exact) mass is 325 g/mol. The molecular formula is C21H30O2. The van der Waals surface area contributed by atoms with E-state index in [2.05, 4.69) is 0 Å². The Morgan fingerprint density at radius 2 is 2.26 bits per heavy atom. The van der Waals surface area contributed by atoms with E-state index in [1.165, 1.54) is 13.8 Å². The lowest BCUT2D eigenvalue weighted by Crippen LogP contribution is -2.45. The number of phenolic OH excluding ortho intramolecular Hbond substituents is 1. The number of hydrogen-bond donors (Lipinski definition) is 1. The molecule has 1 aromatic carbocycles. The summed E-state index contributed by atoms with van der Waals surface area (Å²) in [7, 11) is 0. The highest BCUT2D eigenvalue weighted by molar-refractivity contribution is 5.53. The van der Waals surface area contributed by atoms with Gasteiger partial charge >= 0.3 is 0 Å². The molecule has 1 N–H and O–H groups in total. The summed E-state index contributed by atoms with van der Waals surface area (Å²) < 4.78 is 101. The highest BCUT2D eigenvalue weighted by atomic mass is 16.5. The molecule has 1 aliphatic carbocycles. The Bertz CT molecular complexity index is 1080. The lowest BCUT2D eigenvalue weighted by molar-refractivity contribution is 0.0107. The lowest BCUT2D eigenvalue weighted by Gasteiger charge is -2.46. The van der Waals surface area contributed by atoms with Crippen LogP contribution in [0.1, 0.15) is 91.8 Å². The molecule has 2 nitrogen and oxygen atoms in total. The van der Waals surface area contributed by atoms with E-state index in [-0.39, 0.29) is 6.42 Å². The smallest absolute Gasteiger partial charge is 0.127 e. The van der Waals surface area contributed by atoms with E-state index < -0.39 is 82.8 Å². The lowest BCUT2D eigenvalue weighted by atomic mass is 9.68. The van der Waals surface area contributed by atoms with Gasteiger partial charge < -0.3 is 9.84 Å². The molecule has 0 unspecified atom stereocenters. The van der Waals surface area contributed by atoms with Crippen LogP contribution in [0.5, 0.6) is 11.5 Å². The minimum absolute atomic E-state index is 0.0389. The van der Waals surface area contributed by atoms with Crippen LogP contribution in [-0.2, 0) is 6.37 Å².